The average Bonchev–Trinajstić information content (AvgIpc) is 2.98. The molecule has 0 aliphatic carbocycles. The molecule has 20 heavy (non-hydrogen) atoms. The minimum Gasteiger partial charge on any atom is -0.482 e. The Kier molecular flexibility index (Phi) is 3.39. The minimum atomic E-state index is -0.974. The summed E-state index contributed by atoms with van der Waals surface area (Å²) in [4.78, 5) is 10.5. The molecule has 0 saturated carbocycles. The second kappa shape index (κ2) is 5.35. The minimum absolute atomic E-state index is 0.321. The van der Waals surface area contributed by atoms with E-state index in [9.17, 15) is 4.79 Å². The van der Waals surface area contributed by atoms with Gasteiger partial charge in [0.15, 0.2) is 6.61 Å². The van der Waals surface area contributed by atoms with E-state index < -0.39 is 5.97 Å². The molecular weight excluding hydrogens is 272 g/mol. The highest BCUT2D eigenvalue weighted by molar-refractivity contribution is 7.08. The van der Waals surface area contributed by atoms with E-state index in [2.05, 4.69) is 29.0 Å². The molecule has 0 spiro atoms. The molecule has 0 radical (unpaired) electrons. The molecule has 1 N–H and O–H groups in total. The molecule has 2 aromatic carbocycles. The Labute approximate surface area is 120 Å². The third-order valence-electron chi connectivity index (χ3n) is 3.03. The van der Waals surface area contributed by atoms with Crippen molar-refractivity contribution in [3.63, 3.8) is 0 Å². The van der Waals surface area contributed by atoms with Gasteiger partial charge in [0.05, 0.1) is 0 Å². The van der Waals surface area contributed by atoms with Crippen LogP contribution in [0.25, 0.3) is 21.9 Å². The van der Waals surface area contributed by atoms with Crippen molar-refractivity contribution < 1.29 is 14.6 Å². The fourth-order valence-corrected chi connectivity index (χ4v) is 2.73. The molecule has 0 aliphatic heterocycles. The van der Waals surface area contributed by atoms with Crippen LogP contribution in [0.3, 0.4) is 0 Å². The first kappa shape index (κ1) is 12.7. The second-order valence-electron chi connectivity index (χ2n) is 4.42. The van der Waals surface area contributed by atoms with Gasteiger partial charge in [0.25, 0.3) is 0 Å². The monoisotopic (exact) mass is 284 g/mol. The summed E-state index contributed by atoms with van der Waals surface area (Å²) >= 11 is 1.68. The van der Waals surface area contributed by atoms with Crippen LogP contribution in [0.4, 0.5) is 0 Å². The number of carboxylic acids is 1. The van der Waals surface area contributed by atoms with Crippen molar-refractivity contribution in [2.24, 2.45) is 0 Å². The summed E-state index contributed by atoms with van der Waals surface area (Å²) in [5.74, 6) is -0.402. The molecule has 0 amide bonds. The molecule has 3 rings (SSSR count). The summed E-state index contributed by atoms with van der Waals surface area (Å²) in [6.07, 6.45) is 0. The van der Waals surface area contributed by atoms with Crippen molar-refractivity contribution in [1.29, 1.82) is 0 Å². The van der Waals surface area contributed by atoms with Gasteiger partial charge in [-0.2, -0.15) is 11.3 Å². The largest absolute Gasteiger partial charge is 0.482 e. The van der Waals surface area contributed by atoms with Gasteiger partial charge in [-0.1, -0.05) is 18.2 Å². The van der Waals surface area contributed by atoms with Crippen LogP contribution < -0.4 is 4.74 Å². The van der Waals surface area contributed by atoms with E-state index in [0.717, 1.165) is 10.8 Å². The van der Waals surface area contributed by atoms with Gasteiger partial charge in [-0.25, -0.2) is 4.79 Å². The van der Waals surface area contributed by atoms with Gasteiger partial charge in [-0.15, -0.1) is 0 Å². The van der Waals surface area contributed by atoms with Crippen LogP contribution in [0.2, 0.25) is 0 Å². The van der Waals surface area contributed by atoms with Gasteiger partial charge in [-0.3, -0.25) is 0 Å². The van der Waals surface area contributed by atoms with Crippen molar-refractivity contribution in [1.82, 2.24) is 0 Å². The van der Waals surface area contributed by atoms with Crippen LogP contribution in [-0.2, 0) is 4.79 Å². The number of carboxylic acid groups (broad SMARTS) is 1. The Morgan fingerprint density at radius 1 is 1.05 bits per heavy atom. The van der Waals surface area contributed by atoms with E-state index in [1.54, 1.807) is 17.4 Å². The lowest BCUT2D eigenvalue weighted by Crippen LogP contribution is -2.09. The summed E-state index contributed by atoms with van der Waals surface area (Å²) in [6.45, 7) is -0.321. The zero-order chi connectivity index (χ0) is 13.9. The standard InChI is InChI=1S/C16H12O3S/c17-16(18)9-19-15-4-3-11-7-12(1-2-13(11)8-15)14-5-6-20-10-14/h1-8,10H,9H2,(H,17,18). The third kappa shape index (κ3) is 2.65. The van der Waals surface area contributed by atoms with Crippen LogP contribution >= 0.6 is 11.3 Å². The maximum atomic E-state index is 10.5. The summed E-state index contributed by atoms with van der Waals surface area (Å²) in [7, 11) is 0. The molecule has 0 unspecified atom stereocenters. The smallest absolute Gasteiger partial charge is 0.341 e. The molecule has 100 valence electrons. The summed E-state index contributed by atoms with van der Waals surface area (Å²) < 4.78 is 5.18. The molecule has 0 aliphatic rings. The number of aliphatic carboxylic acids is 1. The highest BCUT2D eigenvalue weighted by Crippen LogP contribution is 2.28. The van der Waals surface area contributed by atoms with Crippen molar-refractivity contribution in [3.8, 4) is 16.9 Å². The zero-order valence-corrected chi connectivity index (χ0v) is 11.4. The second-order valence-corrected chi connectivity index (χ2v) is 5.20. The van der Waals surface area contributed by atoms with Crippen molar-refractivity contribution in [3.05, 3.63) is 53.2 Å². The number of thiophene rings is 1. The van der Waals surface area contributed by atoms with Gasteiger partial charge in [-0.05, 0) is 56.9 Å². The van der Waals surface area contributed by atoms with E-state index in [4.69, 9.17) is 9.84 Å². The molecule has 4 heteroatoms. The highest BCUT2D eigenvalue weighted by atomic mass is 32.1. The van der Waals surface area contributed by atoms with E-state index >= 15 is 0 Å². The predicted molar refractivity (Wildman–Crippen MR) is 80.4 cm³/mol. The van der Waals surface area contributed by atoms with Crippen molar-refractivity contribution in [2.75, 3.05) is 6.61 Å². The van der Waals surface area contributed by atoms with Gasteiger partial charge >= 0.3 is 5.97 Å². The topological polar surface area (TPSA) is 46.5 Å². The molecular formula is C16H12O3S. The SMILES string of the molecule is O=C(O)COc1ccc2cc(-c3ccsc3)ccc2c1. The first-order valence-electron chi connectivity index (χ1n) is 6.13. The summed E-state index contributed by atoms with van der Waals surface area (Å²) in [5, 5.41) is 14.9. The number of fused-ring (bicyclic) bond motifs is 1. The number of hydrogen-bond acceptors (Lipinski definition) is 3. The van der Waals surface area contributed by atoms with Crippen LogP contribution in [0.5, 0.6) is 5.75 Å². The number of benzene rings is 2. The maximum absolute atomic E-state index is 10.5. The van der Waals surface area contributed by atoms with E-state index in [-0.39, 0.29) is 6.61 Å². The number of ether oxygens (including phenoxy) is 1. The summed E-state index contributed by atoms with van der Waals surface area (Å²) in [6, 6.07) is 13.9. The molecule has 0 bridgehead atoms. The Morgan fingerprint density at radius 3 is 2.60 bits per heavy atom. The predicted octanol–water partition coefficient (Wildman–Crippen LogP) is 4.03. The number of rotatable bonds is 4. The lowest BCUT2D eigenvalue weighted by Gasteiger charge is -2.06. The van der Waals surface area contributed by atoms with E-state index in [1.165, 1.54) is 11.1 Å². The summed E-state index contributed by atoms with van der Waals surface area (Å²) in [5.41, 5.74) is 2.39. The highest BCUT2D eigenvalue weighted by Gasteiger charge is 2.03. The molecule has 3 aromatic rings. The van der Waals surface area contributed by atoms with Crippen LogP contribution in [0, 0.1) is 0 Å². The Morgan fingerprint density at radius 2 is 1.85 bits per heavy atom. The van der Waals surface area contributed by atoms with Gasteiger partial charge in [0.1, 0.15) is 5.75 Å². The number of hydrogen-bond donors (Lipinski definition) is 1. The van der Waals surface area contributed by atoms with Crippen LogP contribution in [-0.4, -0.2) is 17.7 Å². The third-order valence-corrected chi connectivity index (χ3v) is 3.71. The van der Waals surface area contributed by atoms with E-state index in [0.29, 0.717) is 5.75 Å². The first-order chi connectivity index (χ1) is 9.72. The van der Waals surface area contributed by atoms with E-state index in [1.807, 2.05) is 18.2 Å². The first-order valence-corrected chi connectivity index (χ1v) is 7.08. The van der Waals surface area contributed by atoms with Crippen molar-refractivity contribution in [2.45, 2.75) is 0 Å². The Bertz CT molecular complexity index is 748. The molecule has 0 fully saturated rings. The molecule has 0 atom stereocenters. The lowest BCUT2D eigenvalue weighted by molar-refractivity contribution is -0.139. The molecule has 3 nitrogen and oxygen atoms in total. The quantitative estimate of drug-likeness (QED) is 0.786. The lowest BCUT2D eigenvalue weighted by atomic mass is 10.0. The van der Waals surface area contributed by atoms with Gasteiger partial charge in [0.2, 0.25) is 0 Å². The maximum Gasteiger partial charge on any atom is 0.341 e. The van der Waals surface area contributed by atoms with Crippen molar-refractivity contribution >= 4 is 28.1 Å². The van der Waals surface area contributed by atoms with Crippen LogP contribution in [0.15, 0.2) is 53.2 Å². The normalized spacial score (nSPS) is 10.6. The number of carbonyl (C=O) groups is 1. The zero-order valence-electron chi connectivity index (χ0n) is 10.6. The Hall–Kier alpha value is -2.33. The molecule has 1 heterocycles. The Balaban J connectivity index is 1.93. The van der Waals surface area contributed by atoms with Gasteiger partial charge in [0, 0.05) is 0 Å². The fraction of sp³-hybridized carbons (Fsp3) is 0.0625. The molecule has 0 saturated heterocycles. The average molecular weight is 284 g/mol. The fourth-order valence-electron chi connectivity index (χ4n) is 2.07. The van der Waals surface area contributed by atoms with Crippen LogP contribution in [0.1, 0.15) is 0 Å². The van der Waals surface area contributed by atoms with Gasteiger partial charge < -0.3 is 9.84 Å². The molecule has 1 aromatic heterocycles.